The van der Waals surface area contributed by atoms with Crippen molar-refractivity contribution in [3.8, 4) is 0 Å². The number of carbonyl (C=O) groups excluding carboxylic acids is 9. The van der Waals surface area contributed by atoms with Crippen LogP contribution in [0.5, 0.6) is 0 Å². The van der Waals surface area contributed by atoms with E-state index < -0.39 is 139 Å². The Bertz CT molecular complexity index is 1820. The maximum atomic E-state index is 13.6. The summed E-state index contributed by atoms with van der Waals surface area (Å²) < 4.78 is 0. The van der Waals surface area contributed by atoms with Crippen LogP contribution in [0.4, 0.5) is 0 Å². The van der Waals surface area contributed by atoms with Gasteiger partial charge in [-0.25, -0.2) is 4.79 Å². The summed E-state index contributed by atoms with van der Waals surface area (Å²) >= 11 is 0.973. The van der Waals surface area contributed by atoms with Gasteiger partial charge in [0, 0.05) is 32.2 Å². The number of hydrogen-bond donors (Lipinski definition) is 14. The summed E-state index contributed by atoms with van der Waals surface area (Å²) in [5.74, 6) is -7.58. The average molecular weight is 1030 g/mol. The van der Waals surface area contributed by atoms with Crippen LogP contribution in [0.3, 0.4) is 0 Å². The number of imide groups is 1. The first-order valence-electron chi connectivity index (χ1n) is 24.0. The van der Waals surface area contributed by atoms with Crippen molar-refractivity contribution < 1.29 is 73.5 Å². The van der Waals surface area contributed by atoms with E-state index in [1.165, 1.54) is 13.8 Å². The number of thioether (sulfide) groups is 1. The molecule has 0 bridgehead atoms. The van der Waals surface area contributed by atoms with Crippen molar-refractivity contribution in [3.05, 3.63) is 0 Å². The lowest BCUT2D eigenvalue weighted by Crippen LogP contribution is -2.62. The Morgan fingerprint density at radius 1 is 0.690 bits per heavy atom. The number of likely N-dealkylation sites (tertiary alicyclic amines) is 2. The number of aliphatic carboxylic acids is 1. The summed E-state index contributed by atoms with van der Waals surface area (Å²) in [6.45, 7) is 5.40. The van der Waals surface area contributed by atoms with Crippen molar-refractivity contribution in [2.75, 3.05) is 58.2 Å². The van der Waals surface area contributed by atoms with E-state index in [0.29, 0.717) is 51.6 Å². The number of rotatable bonds is 33. The van der Waals surface area contributed by atoms with Crippen LogP contribution in [0.2, 0.25) is 0 Å². The summed E-state index contributed by atoms with van der Waals surface area (Å²) in [6, 6.07) is -6.76. The van der Waals surface area contributed by atoms with Crippen LogP contribution in [-0.4, -0.2) is 212 Å². The molecule has 0 saturated carbocycles. The highest BCUT2D eigenvalue weighted by Gasteiger charge is 2.42. The number of nitrogens with two attached hydrogens (primary N) is 2. The molecule has 0 spiro atoms. The molecule has 0 aliphatic carbocycles. The van der Waals surface area contributed by atoms with Crippen molar-refractivity contribution in [3.63, 3.8) is 0 Å². The summed E-state index contributed by atoms with van der Waals surface area (Å²) in [6.07, 6.45) is -1.12. The minimum atomic E-state index is -1.40. The van der Waals surface area contributed by atoms with E-state index in [4.69, 9.17) is 11.5 Å². The topological polar surface area (TPSA) is 415 Å². The third-order valence-corrected chi connectivity index (χ3v) is 13.1. The monoisotopic (exact) mass is 1030 g/mol. The van der Waals surface area contributed by atoms with Crippen LogP contribution >= 0.6 is 11.8 Å². The van der Waals surface area contributed by atoms with E-state index in [-0.39, 0.29) is 57.0 Å². The third kappa shape index (κ3) is 21.7. The molecule has 0 aromatic carbocycles. The van der Waals surface area contributed by atoms with Crippen LogP contribution in [0.25, 0.3) is 0 Å². The number of carbonyl (C=O) groups is 10. The average Bonchev–Trinajstić information content (AvgIpc) is 3.58. The molecule has 2 saturated heterocycles. The predicted octanol–water partition coefficient (Wildman–Crippen LogP) is -5.53. The lowest BCUT2D eigenvalue weighted by atomic mass is 9.94. The molecule has 2 heterocycles. The Balaban J connectivity index is 1.94. The van der Waals surface area contributed by atoms with Crippen LogP contribution in [0.1, 0.15) is 91.9 Å². The molecule has 16 N–H and O–H groups in total. The number of unbranched alkanes of at least 4 members (excludes halogenated alkanes) is 3. The van der Waals surface area contributed by atoms with Gasteiger partial charge >= 0.3 is 5.97 Å². The first kappa shape index (κ1) is 62.1. The highest BCUT2D eigenvalue weighted by atomic mass is 32.2. The Hall–Kier alpha value is -5.03. The number of aliphatic hydroxyl groups excluding tert-OH is 4. The van der Waals surface area contributed by atoms with Gasteiger partial charge in [-0.3, -0.25) is 53.0 Å². The van der Waals surface area contributed by atoms with E-state index in [0.717, 1.165) is 16.7 Å². The lowest BCUT2D eigenvalue weighted by molar-refractivity contribution is -0.145. The SMILES string of the molecule is CC(=O)NC(CSC1CC(=O)N(CCCCN2C[C@@H](O)[C@@H](O)[C@H](O)[C@H]2CO)C1=O)C(=O)NC(CCCCN)C(=O)NCC(=O)NCC(=O)NC(C)C(=O)NC(CCCCN)C(=O)NC(CC(C)C)C(=O)O. The number of hydrogen-bond acceptors (Lipinski definition) is 18. The van der Waals surface area contributed by atoms with E-state index in [1.54, 1.807) is 18.7 Å². The fourth-order valence-corrected chi connectivity index (χ4v) is 9.02. The normalized spacial score (nSPS) is 21.3. The zero-order valence-electron chi connectivity index (χ0n) is 41.1. The first-order valence-corrected chi connectivity index (χ1v) is 25.1. The standard InChI is InChI=1S/C44H77N11O15S/c1-24(2)17-29(44(69)70)53-41(66)28(12-6-8-14-46)51-39(64)25(3)49-35(60)20-47-34(59)19-48-40(65)27(11-5-7-13-45)52-42(67)30(50-26(4)57)23-71-33-18-36(61)55(43(33)68)16-10-9-15-54-21-32(58)38(63)37(62)31(54)22-56/h24-25,27-33,37-38,56,58,62-63H,5-23,45-46H2,1-4H3,(H,47,59)(H,48,65)(H,49,60)(H,50,57)(H,51,64)(H,52,67)(H,53,66)(H,69,70)/t25?,27?,28?,29?,30?,31-,32-,33?,37-,38-/m1/s1. The number of amides is 9. The smallest absolute Gasteiger partial charge is 0.326 e. The number of aliphatic hydroxyl groups is 4. The number of nitrogens with zero attached hydrogens (tertiary/aromatic N) is 2. The molecule has 2 aliphatic rings. The molecular formula is C44H77N11O15S. The number of carboxylic acid groups (broad SMARTS) is 1. The largest absolute Gasteiger partial charge is 0.480 e. The molecule has 27 heteroatoms. The first-order chi connectivity index (χ1) is 33.5. The van der Waals surface area contributed by atoms with Crippen molar-refractivity contribution in [1.82, 2.24) is 47.0 Å². The summed E-state index contributed by atoms with van der Waals surface area (Å²) in [7, 11) is 0. The molecule has 9 amide bonds. The van der Waals surface area contributed by atoms with Crippen molar-refractivity contribution >= 4 is 70.9 Å². The van der Waals surface area contributed by atoms with Crippen molar-refractivity contribution in [2.45, 2.75) is 152 Å². The summed E-state index contributed by atoms with van der Waals surface area (Å²) in [4.78, 5) is 131. The highest BCUT2D eigenvalue weighted by molar-refractivity contribution is 8.00. The fraction of sp³-hybridized carbons (Fsp3) is 0.773. The van der Waals surface area contributed by atoms with Gasteiger partial charge < -0.3 is 74.2 Å². The van der Waals surface area contributed by atoms with E-state index in [2.05, 4.69) is 37.2 Å². The predicted molar refractivity (Wildman–Crippen MR) is 257 cm³/mol. The van der Waals surface area contributed by atoms with Crippen molar-refractivity contribution in [1.29, 1.82) is 0 Å². The fourth-order valence-electron chi connectivity index (χ4n) is 7.83. The molecule has 0 aromatic rings. The molecule has 2 aliphatic heterocycles. The molecule has 6 unspecified atom stereocenters. The third-order valence-electron chi connectivity index (χ3n) is 11.8. The molecule has 2 fully saturated rings. The van der Waals surface area contributed by atoms with E-state index >= 15 is 0 Å². The molecular weight excluding hydrogens is 955 g/mol. The van der Waals surface area contributed by atoms with Gasteiger partial charge in [-0.2, -0.15) is 0 Å². The summed E-state index contributed by atoms with van der Waals surface area (Å²) in [5, 5.41) is 65.8. The van der Waals surface area contributed by atoms with E-state index in [9.17, 15) is 73.5 Å². The van der Waals surface area contributed by atoms with Crippen LogP contribution in [0.15, 0.2) is 0 Å². The Labute approximate surface area is 417 Å². The second-order valence-corrected chi connectivity index (χ2v) is 19.4. The zero-order chi connectivity index (χ0) is 53.4. The minimum absolute atomic E-state index is 0.0149. The molecule has 26 nitrogen and oxygen atoms in total. The second-order valence-electron chi connectivity index (χ2n) is 18.2. The van der Waals surface area contributed by atoms with Gasteiger partial charge in [0.2, 0.25) is 53.2 Å². The lowest BCUT2D eigenvalue weighted by Gasteiger charge is -2.43. The number of β-amino-alcohol motifs (C(OH)–C–C–N with tert-alkyl or cyclic N) is 1. The Kier molecular flexibility index (Phi) is 28.1. The van der Waals surface area contributed by atoms with Gasteiger partial charge in [-0.1, -0.05) is 13.8 Å². The molecule has 71 heavy (non-hydrogen) atoms. The van der Waals surface area contributed by atoms with Crippen LogP contribution in [0, 0.1) is 5.92 Å². The number of carboxylic acids is 1. The molecule has 0 radical (unpaired) electrons. The number of piperidine rings is 1. The number of nitrogens with one attached hydrogen (secondary N) is 7. The molecule has 0 aromatic heterocycles. The Morgan fingerprint density at radius 2 is 1.25 bits per heavy atom. The van der Waals surface area contributed by atoms with E-state index in [1.807, 2.05) is 0 Å². The Morgan fingerprint density at radius 3 is 1.83 bits per heavy atom. The van der Waals surface area contributed by atoms with Crippen LogP contribution < -0.4 is 48.7 Å². The molecule has 10 atom stereocenters. The maximum absolute atomic E-state index is 13.6. The molecule has 2 rings (SSSR count). The van der Waals surface area contributed by atoms with Gasteiger partial charge in [-0.05, 0) is 90.3 Å². The van der Waals surface area contributed by atoms with Gasteiger partial charge in [0.05, 0.1) is 37.1 Å². The second kappa shape index (κ2) is 32.1. The molecule has 404 valence electrons. The van der Waals surface area contributed by atoms with Gasteiger partial charge in [0.25, 0.3) is 0 Å². The quantitative estimate of drug-likeness (QED) is 0.0215. The van der Waals surface area contributed by atoms with Gasteiger partial charge in [0.1, 0.15) is 42.4 Å². The summed E-state index contributed by atoms with van der Waals surface area (Å²) in [5.41, 5.74) is 11.2. The highest BCUT2D eigenvalue weighted by Crippen LogP contribution is 2.27. The van der Waals surface area contributed by atoms with Crippen LogP contribution in [-0.2, 0) is 47.9 Å². The van der Waals surface area contributed by atoms with Crippen molar-refractivity contribution in [2.24, 2.45) is 17.4 Å². The minimum Gasteiger partial charge on any atom is -0.480 e. The van der Waals surface area contributed by atoms with Gasteiger partial charge in [-0.15, -0.1) is 11.8 Å². The van der Waals surface area contributed by atoms with Gasteiger partial charge in [0.15, 0.2) is 0 Å². The maximum Gasteiger partial charge on any atom is 0.326 e. The zero-order valence-corrected chi connectivity index (χ0v) is 41.9.